The van der Waals surface area contributed by atoms with E-state index in [1.165, 1.54) is 6.33 Å². The molecule has 3 heterocycles. The van der Waals surface area contributed by atoms with Crippen molar-refractivity contribution >= 4 is 29.0 Å². The van der Waals surface area contributed by atoms with E-state index in [0.717, 1.165) is 56.9 Å². The van der Waals surface area contributed by atoms with Crippen LogP contribution in [0.25, 0.3) is 11.0 Å². The lowest BCUT2D eigenvalue weighted by atomic mass is 9.96. The van der Waals surface area contributed by atoms with Gasteiger partial charge in [-0.1, -0.05) is 12.8 Å². The number of anilines is 1. The molecular weight excluding hydrogens is 318 g/mol. The molecule has 132 valence electrons. The van der Waals surface area contributed by atoms with Crippen molar-refractivity contribution in [1.82, 2.24) is 19.9 Å². The van der Waals surface area contributed by atoms with Gasteiger partial charge in [0.05, 0.1) is 5.39 Å². The fourth-order valence-corrected chi connectivity index (χ4v) is 4.09. The van der Waals surface area contributed by atoms with E-state index >= 15 is 0 Å². The molecule has 0 spiro atoms. The molecule has 2 aromatic heterocycles. The van der Waals surface area contributed by atoms with Crippen molar-refractivity contribution in [3.05, 3.63) is 18.1 Å². The van der Waals surface area contributed by atoms with E-state index in [1.54, 1.807) is 11.1 Å². The molecule has 1 saturated heterocycles. The summed E-state index contributed by atoms with van der Waals surface area (Å²) in [5.41, 5.74) is 1.37. The molecule has 1 unspecified atom stereocenters. The van der Waals surface area contributed by atoms with Crippen LogP contribution in [0.2, 0.25) is 0 Å². The lowest BCUT2D eigenvalue weighted by Crippen LogP contribution is -2.41. The summed E-state index contributed by atoms with van der Waals surface area (Å²) in [4.78, 5) is 37.5. The van der Waals surface area contributed by atoms with Crippen LogP contribution in [-0.2, 0) is 4.79 Å². The number of aromatic amines is 1. The molecule has 0 radical (unpaired) electrons. The number of nitrogens with one attached hydrogen (secondary N) is 2. The average molecular weight is 341 g/mol. The number of ketones is 1. The number of fused-ring (bicyclic) bond motifs is 1. The van der Waals surface area contributed by atoms with Gasteiger partial charge in [0.2, 0.25) is 6.41 Å². The van der Waals surface area contributed by atoms with Crippen molar-refractivity contribution in [2.45, 2.75) is 44.6 Å². The highest BCUT2D eigenvalue weighted by atomic mass is 16.1. The molecule has 25 heavy (non-hydrogen) atoms. The molecule has 1 saturated carbocycles. The predicted octanol–water partition coefficient (Wildman–Crippen LogP) is 2.36. The third-order valence-electron chi connectivity index (χ3n) is 5.40. The second-order valence-corrected chi connectivity index (χ2v) is 7.08. The fraction of sp³-hybridized carbons (Fsp3) is 0.556. The van der Waals surface area contributed by atoms with Crippen LogP contribution in [0.5, 0.6) is 0 Å². The molecule has 1 aliphatic carbocycles. The van der Waals surface area contributed by atoms with Gasteiger partial charge in [-0.25, -0.2) is 9.97 Å². The standard InChI is InChI=1S/C18H23N5O2/c24-11-23-7-3-6-13(9-23)22-18-15-14(8-19-17(15)20-10-21-18)16(25)12-4-1-2-5-12/h8,10-13H,1-7,9H2,(H2,19,20,21,22). The second-order valence-electron chi connectivity index (χ2n) is 7.08. The van der Waals surface area contributed by atoms with Crippen molar-refractivity contribution in [3.63, 3.8) is 0 Å². The van der Waals surface area contributed by atoms with Gasteiger partial charge in [0.25, 0.3) is 0 Å². The van der Waals surface area contributed by atoms with Crippen LogP contribution in [0.1, 0.15) is 48.9 Å². The summed E-state index contributed by atoms with van der Waals surface area (Å²) in [6.07, 6.45) is 10.3. The molecule has 0 aromatic carbocycles. The molecule has 7 heteroatoms. The van der Waals surface area contributed by atoms with Gasteiger partial charge in [-0.3, -0.25) is 9.59 Å². The zero-order chi connectivity index (χ0) is 17.2. The summed E-state index contributed by atoms with van der Waals surface area (Å²) in [6, 6.07) is 0.140. The third-order valence-corrected chi connectivity index (χ3v) is 5.40. The van der Waals surface area contributed by atoms with Gasteiger partial charge in [0.1, 0.15) is 17.8 Å². The maximum Gasteiger partial charge on any atom is 0.209 e. The Kier molecular flexibility index (Phi) is 4.38. The van der Waals surface area contributed by atoms with Crippen molar-refractivity contribution in [3.8, 4) is 0 Å². The highest BCUT2D eigenvalue weighted by molar-refractivity contribution is 6.11. The van der Waals surface area contributed by atoms with E-state index in [1.807, 2.05) is 0 Å². The first-order valence-electron chi connectivity index (χ1n) is 9.08. The summed E-state index contributed by atoms with van der Waals surface area (Å²) in [5.74, 6) is 0.998. The number of carbonyl (C=O) groups excluding carboxylic acids is 2. The van der Waals surface area contributed by atoms with Crippen LogP contribution in [-0.4, -0.2) is 51.2 Å². The van der Waals surface area contributed by atoms with Crippen molar-refractivity contribution in [2.24, 2.45) is 5.92 Å². The van der Waals surface area contributed by atoms with Gasteiger partial charge in [-0.05, 0) is 25.7 Å². The lowest BCUT2D eigenvalue weighted by Gasteiger charge is -2.30. The number of Topliss-reactive ketones (excluding diaryl/α,β-unsaturated/α-hetero) is 1. The number of nitrogens with zero attached hydrogens (tertiary/aromatic N) is 3. The summed E-state index contributed by atoms with van der Waals surface area (Å²) in [7, 11) is 0. The number of hydrogen-bond acceptors (Lipinski definition) is 5. The van der Waals surface area contributed by atoms with Crippen LogP contribution in [0.15, 0.2) is 12.5 Å². The largest absolute Gasteiger partial charge is 0.365 e. The van der Waals surface area contributed by atoms with E-state index in [2.05, 4.69) is 20.3 Å². The maximum absolute atomic E-state index is 12.9. The highest BCUT2D eigenvalue weighted by Crippen LogP contribution is 2.32. The number of likely N-dealkylation sites (tertiary alicyclic amines) is 1. The zero-order valence-corrected chi connectivity index (χ0v) is 14.2. The molecule has 2 aromatic rings. The number of H-pyrrole nitrogens is 1. The van der Waals surface area contributed by atoms with E-state index in [0.29, 0.717) is 23.6 Å². The van der Waals surface area contributed by atoms with Gasteiger partial charge in [-0.15, -0.1) is 0 Å². The van der Waals surface area contributed by atoms with Gasteiger partial charge < -0.3 is 15.2 Å². The quantitative estimate of drug-likeness (QED) is 0.643. The van der Waals surface area contributed by atoms with Crippen LogP contribution >= 0.6 is 0 Å². The Labute approximate surface area is 146 Å². The van der Waals surface area contributed by atoms with E-state index in [-0.39, 0.29) is 17.7 Å². The molecule has 2 N–H and O–H groups in total. The summed E-state index contributed by atoms with van der Waals surface area (Å²) in [5, 5.41) is 4.22. The SMILES string of the molecule is O=CN1CCCC(Nc2ncnc3[nH]cc(C(=O)C4CCCC4)c23)C1. The minimum atomic E-state index is 0.118. The van der Waals surface area contributed by atoms with Crippen LogP contribution < -0.4 is 5.32 Å². The summed E-state index contributed by atoms with van der Waals surface area (Å²) in [6.45, 7) is 1.46. The number of rotatable bonds is 5. The first-order chi connectivity index (χ1) is 12.3. The Balaban J connectivity index is 1.63. The van der Waals surface area contributed by atoms with Gasteiger partial charge in [0.15, 0.2) is 5.78 Å². The zero-order valence-electron chi connectivity index (χ0n) is 14.2. The topological polar surface area (TPSA) is 91.0 Å². The minimum absolute atomic E-state index is 0.118. The lowest BCUT2D eigenvalue weighted by molar-refractivity contribution is -0.119. The van der Waals surface area contributed by atoms with Crippen LogP contribution in [0.3, 0.4) is 0 Å². The van der Waals surface area contributed by atoms with Crippen LogP contribution in [0, 0.1) is 5.92 Å². The molecule has 4 rings (SSSR count). The molecule has 1 amide bonds. The first kappa shape index (κ1) is 16.1. The number of aromatic nitrogens is 3. The van der Waals surface area contributed by atoms with Gasteiger partial charge in [-0.2, -0.15) is 0 Å². The monoisotopic (exact) mass is 341 g/mol. The van der Waals surface area contributed by atoms with E-state index < -0.39 is 0 Å². The molecular formula is C18H23N5O2. The third kappa shape index (κ3) is 3.10. The van der Waals surface area contributed by atoms with Gasteiger partial charge >= 0.3 is 0 Å². The molecule has 2 aliphatic rings. The van der Waals surface area contributed by atoms with E-state index in [4.69, 9.17) is 0 Å². The van der Waals surface area contributed by atoms with E-state index in [9.17, 15) is 9.59 Å². The Hall–Kier alpha value is -2.44. The molecule has 0 bridgehead atoms. The molecule has 1 atom stereocenters. The fourth-order valence-electron chi connectivity index (χ4n) is 4.09. The second kappa shape index (κ2) is 6.82. The van der Waals surface area contributed by atoms with Gasteiger partial charge in [0, 0.05) is 36.8 Å². The first-order valence-corrected chi connectivity index (χ1v) is 9.08. The number of amides is 1. The normalized spacial score (nSPS) is 21.6. The molecule has 1 aliphatic heterocycles. The predicted molar refractivity (Wildman–Crippen MR) is 94.5 cm³/mol. The van der Waals surface area contributed by atoms with Crippen molar-refractivity contribution < 1.29 is 9.59 Å². The van der Waals surface area contributed by atoms with Crippen LogP contribution in [0.4, 0.5) is 5.82 Å². The van der Waals surface area contributed by atoms with Crippen molar-refractivity contribution in [1.29, 1.82) is 0 Å². The molecule has 2 fully saturated rings. The highest BCUT2D eigenvalue weighted by Gasteiger charge is 2.28. The number of piperidine rings is 1. The summed E-state index contributed by atoms with van der Waals surface area (Å²) >= 11 is 0. The Bertz CT molecular complexity index is 781. The maximum atomic E-state index is 12.9. The number of hydrogen-bond donors (Lipinski definition) is 2. The molecule has 7 nitrogen and oxygen atoms in total. The Morgan fingerprint density at radius 1 is 1.24 bits per heavy atom. The smallest absolute Gasteiger partial charge is 0.209 e. The van der Waals surface area contributed by atoms with Crippen molar-refractivity contribution in [2.75, 3.05) is 18.4 Å². The Morgan fingerprint density at radius 2 is 2.08 bits per heavy atom. The minimum Gasteiger partial charge on any atom is -0.365 e. The number of carbonyl (C=O) groups is 2. The Morgan fingerprint density at radius 3 is 2.88 bits per heavy atom. The summed E-state index contributed by atoms with van der Waals surface area (Å²) < 4.78 is 0. The average Bonchev–Trinajstić information content (AvgIpc) is 3.32.